The molecule has 0 aliphatic carbocycles. The summed E-state index contributed by atoms with van der Waals surface area (Å²) >= 11 is 1.63. The van der Waals surface area contributed by atoms with Crippen LogP contribution in [0.3, 0.4) is 0 Å². The zero-order chi connectivity index (χ0) is 14.7. The highest BCUT2D eigenvalue weighted by atomic mass is 32.1. The first-order valence-corrected chi connectivity index (χ1v) is 8.01. The Balaban J connectivity index is 1.53. The molecule has 0 aromatic carbocycles. The van der Waals surface area contributed by atoms with Crippen LogP contribution in [0, 0.1) is 0 Å². The van der Waals surface area contributed by atoms with Gasteiger partial charge >= 0.3 is 6.01 Å². The third kappa shape index (κ3) is 3.24. The molecule has 2 aromatic heterocycles. The van der Waals surface area contributed by atoms with Gasteiger partial charge in [0.25, 0.3) is 0 Å². The number of hydrogen-bond donors (Lipinski definition) is 0. The lowest BCUT2D eigenvalue weighted by Gasteiger charge is -2.33. The summed E-state index contributed by atoms with van der Waals surface area (Å²) in [5.74, 6) is 0.845. The molecule has 6 nitrogen and oxygen atoms in total. The first-order chi connectivity index (χ1) is 10.3. The second-order valence-electron chi connectivity index (χ2n) is 4.96. The Morgan fingerprint density at radius 2 is 2.14 bits per heavy atom. The molecular formula is C14H18N4O2S. The van der Waals surface area contributed by atoms with Crippen LogP contribution in [0.4, 0.5) is 6.01 Å². The van der Waals surface area contributed by atoms with Crippen LogP contribution in [0.5, 0.6) is 0 Å². The maximum absolute atomic E-state index is 12.2. The molecule has 3 heterocycles. The van der Waals surface area contributed by atoms with Crippen molar-refractivity contribution < 1.29 is 9.21 Å². The van der Waals surface area contributed by atoms with Crippen LogP contribution in [-0.2, 0) is 17.6 Å². The van der Waals surface area contributed by atoms with Crippen LogP contribution in [0.15, 0.2) is 21.9 Å². The molecule has 1 aliphatic heterocycles. The minimum Gasteiger partial charge on any atom is -0.408 e. The van der Waals surface area contributed by atoms with Crippen LogP contribution < -0.4 is 4.90 Å². The number of thiophene rings is 1. The Kier molecular flexibility index (Phi) is 4.19. The van der Waals surface area contributed by atoms with Crippen molar-refractivity contribution in [3.05, 3.63) is 28.3 Å². The second kappa shape index (κ2) is 6.26. The number of rotatable bonds is 4. The van der Waals surface area contributed by atoms with Crippen molar-refractivity contribution in [2.75, 3.05) is 31.1 Å². The number of carbonyl (C=O) groups excluding carboxylic acids is 1. The van der Waals surface area contributed by atoms with Gasteiger partial charge in [0.1, 0.15) is 0 Å². The highest BCUT2D eigenvalue weighted by Gasteiger charge is 2.24. The van der Waals surface area contributed by atoms with E-state index < -0.39 is 0 Å². The first-order valence-electron chi connectivity index (χ1n) is 7.13. The minimum absolute atomic E-state index is 0.192. The predicted octanol–water partition coefficient (Wildman–Crippen LogP) is 1.58. The van der Waals surface area contributed by atoms with Crippen LogP contribution in [0.25, 0.3) is 0 Å². The first kappa shape index (κ1) is 14.1. The standard InChI is InChI=1S/C14H18N4O2S/c1-2-12-15-16-14(20-12)18-7-5-17(6-8-18)13(19)10-11-4-3-9-21-11/h3-4,9H,2,5-8,10H2,1H3. The number of amides is 1. The fourth-order valence-corrected chi connectivity index (χ4v) is 3.03. The largest absolute Gasteiger partial charge is 0.408 e. The number of hydrogen-bond acceptors (Lipinski definition) is 6. The van der Waals surface area contributed by atoms with Crippen molar-refractivity contribution in [2.24, 2.45) is 0 Å². The van der Waals surface area contributed by atoms with E-state index in [1.807, 2.05) is 34.2 Å². The summed E-state index contributed by atoms with van der Waals surface area (Å²) in [5.41, 5.74) is 0. The lowest BCUT2D eigenvalue weighted by atomic mass is 10.2. The fourth-order valence-electron chi connectivity index (χ4n) is 2.34. The van der Waals surface area contributed by atoms with Crippen molar-refractivity contribution in [1.82, 2.24) is 15.1 Å². The molecule has 7 heteroatoms. The normalized spacial score (nSPS) is 15.5. The monoisotopic (exact) mass is 306 g/mol. The van der Waals surface area contributed by atoms with Crippen molar-refractivity contribution >= 4 is 23.3 Å². The van der Waals surface area contributed by atoms with Crippen molar-refractivity contribution in [3.63, 3.8) is 0 Å². The highest BCUT2D eigenvalue weighted by Crippen LogP contribution is 2.16. The van der Waals surface area contributed by atoms with E-state index in [2.05, 4.69) is 10.2 Å². The van der Waals surface area contributed by atoms with Gasteiger partial charge in [-0.1, -0.05) is 18.1 Å². The van der Waals surface area contributed by atoms with E-state index in [0.29, 0.717) is 31.4 Å². The van der Waals surface area contributed by atoms with Gasteiger partial charge in [0.15, 0.2) is 0 Å². The Morgan fingerprint density at radius 1 is 1.33 bits per heavy atom. The maximum atomic E-state index is 12.2. The zero-order valence-corrected chi connectivity index (χ0v) is 12.8. The second-order valence-corrected chi connectivity index (χ2v) is 5.99. The molecular weight excluding hydrogens is 288 g/mol. The number of nitrogens with zero attached hydrogens (tertiary/aromatic N) is 4. The molecule has 0 saturated carbocycles. The molecule has 1 amide bonds. The van der Waals surface area contributed by atoms with Gasteiger partial charge in [-0.05, 0) is 11.4 Å². The summed E-state index contributed by atoms with van der Waals surface area (Å²) in [6.45, 7) is 4.86. The minimum atomic E-state index is 0.192. The summed E-state index contributed by atoms with van der Waals surface area (Å²) in [7, 11) is 0. The summed E-state index contributed by atoms with van der Waals surface area (Å²) in [6, 6.07) is 4.55. The molecule has 0 bridgehead atoms. The smallest absolute Gasteiger partial charge is 0.318 e. The zero-order valence-electron chi connectivity index (χ0n) is 12.0. The Hall–Kier alpha value is -1.89. The summed E-state index contributed by atoms with van der Waals surface area (Å²) in [6.07, 6.45) is 1.24. The van der Waals surface area contributed by atoms with Gasteiger partial charge in [-0.25, -0.2) is 0 Å². The van der Waals surface area contributed by atoms with Gasteiger partial charge in [-0.3, -0.25) is 4.79 Å². The topological polar surface area (TPSA) is 62.5 Å². The highest BCUT2D eigenvalue weighted by molar-refractivity contribution is 7.10. The van der Waals surface area contributed by atoms with Gasteiger partial charge in [0.2, 0.25) is 11.8 Å². The summed E-state index contributed by atoms with van der Waals surface area (Å²) in [5, 5.41) is 10.0. The lowest BCUT2D eigenvalue weighted by Crippen LogP contribution is -2.49. The quantitative estimate of drug-likeness (QED) is 0.858. The number of carbonyl (C=O) groups is 1. The molecule has 0 spiro atoms. The van der Waals surface area contributed by atoms with E-state index in [9.17, 15) is 4.79 Å². The van der Waals surface area contributed by atoms with Crippen LogP contribution in [0.2, 0.25) is 0 Å². The van der Waals surface area contributed by atoms with Gasteiger partial charge in [0, 0.05) is 37.5 Å². The Bertz CT molecular complexity index is 588. The third-order valence-corrected chi connectivity index (χ3v) is 4.44. The fraction of sp³-hybridized carbons (Fsp3) is 0.500. The molecule has 0 atom stereocenters. The molecule has 21 heavy (non-hydrogen) atoms. The van der Waals surface area contributed by atoms with E-state index in [1.165, 1.54) is 0 Å². The molecule has 2 aromatic rings. The van der Waals surface area contributed by atoms with Gasteiger partial charge in [-0.2, -0.15) is 0 Å². The van der Waals surface area contributed by atoms with Gasteiger partial charge < -0.3 is 14.2 Å². The average molecular weight is 306 g/mol. The molecule has 0 unspecified atom stereocenters. The van der Waals surface area contributed by atoms with E-state index in [1.54, 1.807) is 11.3 Å². The van der Waals surface area contributed by atoms with Crippen molar-refractivity contribution in [3.8, 4) is 0 Å². The average Bonchev–Trinajstić information content (AvgIpc) is 3.18. The molecule has 1 saturated heterocycles. The van der Waals surface area contributed by atoms with Gasteiger partial charge in [0.05, 0.1) is 6.42 Å². The van der Waals surface area contributed by atoms with E-state index in [0.717, 1.165) is 24.4 Å². The SMILES string of the molecule is CCc1nnc(N2CCN(C(=O)Cc3cccs3)CC2)o1. The number of anilines is 1. The van der Waals surface area contributed by atoms with Gasteiger partial charge in [-0.15, -0.1) is 16.4 Å². The van der Waals surface area contributed by atoms with Crippen LogP contribution in [-0.4, -0.2) is 47.2 Å². The summed E-state index contributed by atoms with van der Waals surface area (Å²) < 4.78 is 5.56. The Labute approximate surface area is 127 Å². The van der Waals surface area contributed by atoms with E-state index >= 15 is 0 Å². The molecule has 3 rings (SSSR count). The maximum Gasteiger partial charge on any atom is 0.318 e. The third-order valence-electron chi connectivity index (χ3n) is 3.57. The van der Waals surface area contributed by atoms with E-state index in [4.69, 9.17) is 4.42 Å². The predicted molar refractivity (Wildman–Crippen MR) is 80.5 cm³/mol. The van der Waals surface area contributed by atoms with Crippen molar-refractivity contribution in [1.29, 1.82) is 0 Å². The van der Waals surface area contributed by atoms with E-state index in [-0.39, 0.29) is 5.91 Å². The van der Waals surface area contributed by atoms with Crippen LogP contribution >= 0.6 is 11.3 Å². The Morgan fingerprint density at radius 3 is 2.76 bits per heavy atom. The van der Waals surface area contributed by atoms with Crippen molar-refractivity contribution in [2.45, 2.75) is 19.8 Å². The van der Waals surface area contributed by atoms with Crippen LogP contribution in [0.1, 0.15) is 17.7 Å². The molecule has 1 fully saturated rings. The number of piperazine rings is 1. The lowest BCUT2D eigenvalue weighted by molar-refractivity contribution is -0.130. The molecule has 0 N–H and O–H groups in total. The molecule has 112 valence electrons. The summed E-state index contributed by atoms with van der Waals surface area (Å²) in [4.78, 5) is 17.3. The molecule has 1 aliphatic rings. The molecule has 0 radical (unpaired) electrons. The number of aromatic nitrogens is 2. The number of aryl methyl sites for hydroxylation is 1.